The molecule has 0 atom stereocenters. The van der Waals surface area contributed by atoms with E-state index in [-0.39, 0.29) is 5.71 Å². The fraction of sp³-hybridized carbons (Fsp3) is 0. The molecule has 0 aromatic carbocycles. The molecule has 0 aliphatic heterocycles. The third-order valence-corrected chi connectivity index (χ3v) is 1.59. The SMILES string of the molecule is N=C1C(N)=CC=C/C1=N/[Se]. The molecule has 0 aromatic rings. The molecule has 0 spiro atoms. The number of rotatable bonds is 0. The summed E-state index contributed by atoms with van der Waals surface area (Å²) in [6.07, 6.45) is 5.18. The molecule has 0 amide bonds. The van der Waals surface area contributed by atoms with Crippen molar-refractivity contribution in [3.8, 4) is 0 Å². The van der Waals surface area contributed by atoms with Gasteiger partial charge in [0.05, 0.1) is 0 Å². The van der Waals surface area contributed by atoms with E-state index >= 15 is 0 Å². The van der Waals surface area contributed by atoms with Gasteiger partial charge in [0.2, 0.25) is 0 Å². The van der Waals surface area contributed by atoms with Crippen molar-refractivity contribution < 1.29 is 0 Å². The van der Waals surface area contributed by atoms with Crippen LogP contribution < -0.4 is 5.73 Å². The maximum atomic E-state index is 7.36. The average Bonchev–Trinajstić information content (AvgIpc) is 1.95. The van der Waals surface area contributed by atoms with Crippen LogP contribution in [0.15, 0.2) is 27.9 Å². The Morgan fingerprint density at radius 1 is 1.60 bits per heavy atom. The molecule has 1 aliphatic rings. The van der Waals surface area contributed by atoms with Crippen LogP contribution in [0.1, 0.15) is 0 Å². The Balaban J connectivity index is 3.00. The van der Waals surface area contributed by atoms with Crippen LogP contribution in [-0.2, 0) is 0 Å². The molecule has 10 heavy (non-hydrogen) atoms. The summed E-state index contributed by atoms with van der Waals surface area (Å²) in [4.78, 5) is 0. The molecular weight excluding hydrogens is 193 g/mol. The van der Waals surface area contributed by atoms with Gasteiger partial charge in [-0.2, -0.15) is 0 Å². The molecule has 51 valence electrons. The number of nitrogens with two attached hydrogens (primary N) is 1. The van der Waals surface area contributed by atoms with Crippen LogP contribution in [0.5, 0.6) is 0 Å². The first kappa shape index (κ1) is 7.25. The van der Waals surface area contributed by atoms with Crippen LogP contribution in [0.2, 0.25) is 0 Å². The van der Waals surface area contributed by atoms with Crippen molar-refractivity contribution in [2.45, 2.75) is 0 Å². The molecule has 0 saturated carbocycles. The van der Waals surface area contributed by atoms with Gasteiger partial charge < -0.3 is 0 Å². The summed E-state index contributed by atoms with van der Waals surface area (Å²) in [5, 5.41) is 7.36. The Kier molecular flexibility index (Phi) is 2.04. The molecule has 4 heteroatoms. The number of nitrogens with zero attached hydrogens (tertiary/aromatic N) is 1. The Morgan fingerprint density at radius 2 is 2.30 bits per heavy atom. The molecule has 1 rings (SSSR count). The van der Waals surface area contributed by atoms with Gasteiger partial charge in [-0.05, 0) is 0 Å². The van der Waals surface area contributed by atoms with E-state index in [0.29, 0.717) is 11.4 Å². The van der Waals surface area contributed by atoms with Crippen molar-refractivity contribution in [2.75, 3.05) is 0 Å². The van der Waals surface area contributed by atoms with Gasteiger partial charge in [0.1, 0.15) is 0 Å². The quantitative estimate of drug-likeness (QED) is 0.416. The van der Waals surface area contributed by atoms with Gasteiger partial charge in [0, 0.05) is 0 Å². The van der Waals surface area contributed by atoms with E-state index in [1.54, 1.807) is 18.2 Å². The van der Waals surface area contributed by atoms with Gasteiger partial charge in [0.25, 0.3) is 0 Å². The molecule has 0 aromatic heterocycles. The zero-order chi connectivity index (χ0) is 7.56. The average molecular weight is 199 g/mol. The second-order valence-electron chi connectivity index (χ2n) is 1.83. The third kappa shape index (κ3) is 1.17. The van der Waals surface area contributed by atoms with E-state index in [4.69, 9.17) is 11.1 Å². The summed E-state index contributed by atoms with van der Waals surface area (Å²) >= 11 is 2.48. The van der Waals surface area contributed by atoms with E-state index in [0.717, 1.165) is 0 Å². The van der Waals surface area contributed by atoms with Crippen molar-refractivity contribution in [1.82, 2.24) is 0 Å². The monoisotopic (exact) mass is 200 g/mol. The summed E-state index contributed by atoms with van der Waals surface area (Å²) in [6, 6.07) is 0. The van der Waals surface area contributed by atoms with Gasteiger partial charge in [-0.15, -0.1) is 0 Å². The zero-order valence-corrected chi connectivity index (χ0v) is 6.88. The number of hydrogen-bond donors (Lipinski definition) is 2. The van der Waals surface area contributed by atoms with Crippen molar-refractivity contribution in [2.24, 2.45) is 9.74 Å². The second-order valence-corrected chi connectivity index (χ2v) is 2.22. The third-order valence-electron chi connectivity index (χ3n) is 1.17. The van der Waals surface area contributed by atoms with Crippen molar-refractivity contribution in [1.29, 1.82) is 5.41 Å². The predicted octanol–water partition coefficient (Wildman–Crippen LogP) is -0.0569. The Bertz CT molecular complexity index is 250. The molecule has 0 fully saturated rings. The van der Waals surface area contributed by atoms with Crippen LogP contribution in [0, 0.1) is 5.41 Å². The van der Waals surface area contributed by atoms with E-state index in [9.17, 15) is 0 Å². The molecule has 0 heterocycles. The molecule has 1 radical (unpaired) electrons. The minimum atomic E-state index is 0.279. The van der Waals surface area contributed by atoms with Crippen LogP contribution >= 0.6 is 0 Å². The van der Waals surface area contributed by atoms with Gasteiger partial charge in [-0.25, -0.2) is 0 Å². The maximum absolute atomic E-state index is 7.36. The molecule has 0 bridgehead atoms. The minimum absolute atomic E-state index is 0.279. The Labute approximate surface area is 67.2 Å². The number of nitrogens with one attached hydrogen (secondary N) is 1. The summed E-state index contributed by atoms with van der Waals surface area (Å²) < 4.78 is 3.74. The standard InChI is InChI=1S/C6H6N3Se/c7-4-2-1-3-5(9-10)6(4)8/h1-3,8H,7H2/b8-6?,9-5-. The summed E-state index contributed by atoms with van der Waals surface area (Å²) in [6.45, 7) is 0. The molecule has 3 nitrogen and oxygen atoms in total. The van der Waals surface area contributed by atoms with Crippen LogP contribution in [0.3, 0.4) is 0 Å². The van der Waals surface area contributed by atoms with Crippen LogP contribution in [0.4, 0.5) is 0 Å². The first-order valence-electron chi connectivity index (χ1n) is 2.69. The van der Waals surface area contributed by atoms with Gasteiger partial charge in [-0.1, -0.05) is 0 Å². The van der Waals surface area contributed by atoms with E-state index in [1.165, 1.54) is 0 Å². The van der Waals surface area contributed by atoms with E-state index in [1.807, 2.05) is 0 Å². The normalized spacial score (nSPS) is 21.4. The van der Waals surface area contributed by atoms with E-state index in [2.05, 4.69) is 20.2 Å². The molecule has 3 N–H and O–H groups in total. The molecule has 0 unspecified atom stereocenters. The van der Waals surface area contributed by atoms with Gasteiger partial charge in [-0.3, -0.25) is 0 Å². The molecular formula is C6H6N3Se. The zero-order valence-electron chi connectivity index (χ0n) is 5.16. The number of allylic oxidation sites excluding steroid dienone is 4. The predicted molar refractivity (Wildman–Crippen MR) is 42.3 cm³/mol. The number of hydrogen-bond acceptors (Lipinski definition) is 3. The Hall–Kier alpha value is -0.861. The topological polar surface area (TPSA) is 62.2 Å². The van der Waals surface area contributed by atoms with Crippen molar-refractivity contribution in [3.05, 3.63) is 23.9 Å². The van der Waals surface area contributed by atoms with Crippen molar-refractivity contribution in [3.63, 3.8) is 0 Å². The summed E-state index contributed by atoms with van der Waals surface area (Å²) in [5.74, 6) is 0. The van der Waals surface area contributed by atoms with Gasteiger partial charge >= 0.3 is 66.7 Å². The molecule has 0 saturated heterocycles. The van der Waals surface area contributed by atoms with E-state index < -0.39 is 0 Å². The first-order chi connectivity index (χ1) is 4.75. The molecule has 1 aliphatic carbocycles. The summed E-state index contributed by atoms with van der Waals surface area (Å²) in [5.41, 5.74) is 6.75. The van der Waals surface area contributed by atoms with Crippen LogP contribution in [-0.4, -0.2) is 27.7 Å². The van der Waals surface area contributed by atoms with Crippen molar-refractivity contribution >= 4 is 27.7 Å². The first-order valence-corrected chi connectivity index (χ1v) is 3.45. The van der Waals surface area contributed by atoms with Crippen LogP contribution in [0.25, 0.3) is 0 Å². The Morgan fingerprint density at radius 3 is 2.80 bits per heavy atom. The second kappa shape index (κ2) is 2.82. The summed E-state index contributed by atoms with van der Waals surface area (Å²) in [7, 11) is 0. The fourth-order valence-corrected chi connectivity index (χ4v) is 0.953. The fourth-order valence-electron chi connectivity index (χ4n) is 0.634. The van der Waals surface area contributed by atoms with Gasteiger partial charge in [0.15, 0.2) is 0 Å².